The van der Waals surface area contributed by atoms with Crippen LogP contribution in [-0.2, 0) is 13.0 Å². The predicted octanol–water partition coefficient (Wildman–Crippen LogP) is 2.73. The number of rotatable bonds is 6. The number of hydrogen-bond donors (Lipinski definition) is 0. The van der Waals surface area contributed by atoms with E-state index in [1.54, 1.807) is 0 Å². The molecule has 3 aromatic heterocycles. The molecule has 2 aliphatic rings. The van der Waals surface area contributed by atoms with E-state index in [0.717, 1.165) is 62.9 Å². The van der Waals surface area contributed by atoms with Crippen molar-refractivity contribution in [3.63, 3.8) is 0 Å². The van der Waals surface area contributed by atoms with Crippen LogP contribution in [0, 0.1) is 0 Å². The summed E-state index contributed by atoms with van der Waals surface area (Å²) >= 11 is 0. The predicted molar refractivity (Wildman–Crippen MR) is 119 cm³/mol. The maximum Gasteiger partial charge on any atom is 0.211 e. The minimum absolute atomic E-state index is 0.285. The van der Waals surface area contributed by atoms with Gasteiger partial charge in [-0.2, -0.15) is 0 Å². The average Bonchev–Trinajstić information content (AvgIpc) is 3.22. The molecule has 0 spiro atoms. The van der Waals surface area contributed by atoms with Gasteiger partial charge >= 0.3 is 0 Å². The van der Waals surface area contributed by atoms with Crippen molar-refractivity contribution in [3.8, 4) is 0 Å². The molecular weight excluding hydrogens is 393 g/mol. The van der Waals surface area contributed by atoms with E-state index in [1.165, 1.54) is 17.7 Å². The summed E-state index contributed by atoms with van der Waals surface area (Å²) in [6, 6.07) is 6.54. The molecule has 1 aliphatic heterocycles. The molecule has 0 radical (unpaired) electrons. The fraction of sp³-hybridized carbons (Fsp3) is 0.522. The average molecular weight is 424 g/mol. The number of hydrogen-bond acceptors (Lipinski definition) is 6. The molecule has 0 N–H and O–H groups in total. The third kappa shape index (κ3) is 4.14. The smallest absolute Gasteiger partial charge is 0.211 e. The van der Waals surface area contributed by atoms with Gasteiger partial charge in [-0.3, -0.25) is 19.2 Å². The highest BCUT2D eigenvalue weighted by atomic mass is 19.1. The maximum absolute atomic E-state index is 12.6. The van der Waals surface area contributed by atoms with Crippen molar-refractivity contribution in [2.45, 2.75) is 31.8 Å². The van der Waals surface area contributed by atoms with E-state index in [2.05, 4.69) is 48.4 Å². The van der Waals surface area contributed by atoms with E-state index in [0.29, 0.717) is 12.6 Å². The quantitative estimate of drug-likeness (QED) is 0.608. The fourth-order valence-electron chi connectivity index (χ4n) is 4.94. The van der Waals surface area contributed by atoms with Gasteiger partial charge in [-0.1, -0.05) is 6.07 Å². The largest absolute Gasteiger partial charge is 0.339 e. The van der Waals surface area contributed by atoms with Gasteiger partial charge in [0.15, 0.2) is 0 Å². The third-order valence-corrected chi connectivity index (χ3v) is 6.58. The number of fused-ring (bicyclic) bond motifs is 2. The molecule has 31 heavy (non-hydrogen) atoms. The van der Waals surface area contributed by atoms with Crippen LogP contribution >= 0.6 is 0 Å². The van der Waals surface area contributed by atoms with E-state index >= 15 is 0 Å². The minimum Gasteiger partial charge on any atom is -0.339 e. The number of nitrogens with zero attached hydrogens (tertiary/aromatic N) is 7. The van der Waals surface area contributed by atoms with Crippen LogP contribution in [0.3, 0.4) is 0 Å². The number of piperazine rings is 1. The summed E-state index contributed by atoms with van der Waals surface area (Å²) in [4.78, 5) is 21.0. The number of halogens is 1. The van der Waals surface area contributed by atoms with Crippen molar-refractivity contribution < 1.29 is 4.39 Å². The lowest BCUT2D eigenvalue weighted by Gasteiger charge is -2.34. The molecule has 1 aliphatic carbocycles. The molecule has 1 saturated heterocycles. The van der Waals surface area contributed by atoms with Gasteiger partial charge in [0.2, 0.25) is 5.95 Å². The van der Waals surface area contributed by atoms with Crippen LogP contribution in [0.25, 0.3) is 5.65 Å². The van der Waals surface area contributed by atoms with Crippen molar-refractivity contribution in [2.75, 3.05) is 51.3 Å². The number of aryl methyl sites for hydroxylation is 1. The zero-order valence-electron chi connectivity index (χ0n) is 18.1. The van der Waals surface area contributed by atoms with Crippen molar-refractivity contribution in [2.24, 2.45) is 0 Å². The van der Waals surface area contributed by atoms with Crippen LogP contribution in [0.1, 0.15) is 35.8 Å². The van der Waals surface area contributed by atoms with Gasteiger partial charge in [0.25, 0.3) is 0 Å². The number of alkyl halides is 1. The second kappa shape index (κ2) is 8.88. The monoisotopic (exact) mass is 423 g/mol. The summed E-state index contributed by atoms with van der Waals surface area (Å²) in [6.07, 6.45) is 9.30. The zero-order valence-corrected chi connectivity index (χ0v) is 18.1. The van der Waals surface area contributed by atoms with Gasteiger partial charge in [-0.15, -0.1) is 0 Å². The molecule has 164 valence electrons. The first-order valence-electron chi connectivity index (χ1n) is 11.2. The van der Waals surface area contributed by atoms with Crippen molar-refractivity contribution >= 4 is 11.6 Å². The Labute approximate surface area is 182 Å². The Hall–Kier alpha value is -2.58. The Morgan fingerprint density at radius 1 is 1.13 bits per heavy atom. The van der Waals surface area contributed by atoms with E-state index in [1.807, 2.05) is 24.5 Å². The Morgan fingerprint density at radius 2 is 2.00 bits per heavy atom. The molecule has 8 heteroatoms. The summed E-state index contributed by atoms with van der Waals surface area (Å²) < 4.78 is 14.7. The Bertz CT molecular complexity index is 1030. The van der Waals surface area contributed by atoms with Crippen LogP contribution in [0.15, 0.2) is 36.8 Å². The minimum atomic E-state index is -0.285. The SMILES string of the molecule is CN(Cc1cn2c(N3CCN(CCF)CC3)nccc2n1)[C@H]1CCCc2cccnc21. The molecule has 1 fully saturated rings. The molecule has 0 unspecified atom stereocenters. The van der Waals surface area contributed by atoms with Crippen molar-refractivity contribution in [3.05, 3.63) is 53.7 Å². The second-order valence-corrected chi connectivity index (χ2v) is 8.59. The molecular formula is C23H30FN7. The Kier molecular flexibility index (Phi) is 5.82. The first kappa shape index (κ1) is 20.3. The molecule has 3 aromatic rings. The molecule has 0 saturated carbocycles. The number of imidazole rings is 1. The second-order valence-electron chi connectivity index (χ2n) is 8.59. The zero-order chi connectivity index (χ0) is 21.2. The highest BCUT2D eigenvalue weighted by molar-refractivity contribution is 5.48. The summed E-state index contributed by atoms with van der Waals surface area (Å²) in [5.74, 6) is 0.920. The van der Waals surface area contributed by atoms with Crippen LogP contribution < -0.4 is 4.90 Å². The van der Waals surface area contributed by atoms with E-state index in [-0.39, 0.29) is 6.67 Å². The first-order chi connectivity index (χ1) is 15.2. The molecule has 1 atom stereocenters. The first-order valence-corrected chi connectivity index (χ1v) is 11.2. The fourth-order valence-corrected chi connectivity index (χ4v) is 4.94. The van der Waals surface area contributed by atoms with Gasteiger partial charge in [0, 0.05) is 57.9 Å². The molecule has 4 heterocycles. The number of pyridine rings is 1. The van der Waals surface area contributed by atoms with Gasteiger partial charge in [0.05, 0.1) is 17.4 Å². The topological polar surface area (TPSA) is 52.8 Å². The molecule has 0 bridgehead atoms. The van der Waals surface area contributed by atoms with E-state index in [9.17, 15) is 4.39 Å². The van der Waals surface area contributed by atoms with Crippen LogP contribution in [-0.4, -0.2) is 75.6 Å². The van der Waals surface area contributed by atoms with Crippen LogP contribution in [0.4, 0.5) is 10.3 Å². The summed E-state index contributed by atoms with van der Waals surface area (Å²) in [5.41, 5.74) is 4.55. The van der Waals surface area contributed by atoms with Gasteiger partial charge in [-0.05, 0) is 44.0 Å². The van der Waals surface area contributed by atoms with Gasteiger partial charge < -0.3 is 4.90 Å². The highest BCUT2D eigenvalue weighted by Gasteiger charge is 2.26. The highest BCUT2D eigenvalue weighted by Crippen LogP contribution is 2.32. The van der Waals surface area contributed by atoms with E-state index < -0.39 is 0 Å². The summed E-state index contributed by atoms with van der Waals surface area (Å²) in [7, 11) is 2.17. The van der Waals surface area contributed by atoms with E-state index in [4.69, 9.17) is 4.98 Å². The van der Waals surface area contributed by atoms with Crippen LogP contribution in [0.2, 0.25) is 0 Å². The summed E-state index contributed by atoms with van der Waals surface area (Å²) in [5, 5.41) is 0. The standard InChI is InChI=1S/C23H30FN7/c1-28(20-6-2-4-18-5-3-9-25-22(18)20)16-19-17-31-21(27-19)7-10-26-23(31)30-14-12-29(11-8-24)13-15-30/h3,5,7,9-10,17,20H,2,4,6,8,11-16H2,1H3/t20-/m0/s1. The maximum atomic E-state index is 12.6. The number of aromatic nitrogens is 4. The normalized spacial score (nSPS) is 19.8. The molecule has 0 aromatic carbocycles. The Morgan fingerprint density at radius 3 is 2.84 bits per heavy atom. The van der Waals surface area contributed by atoms with Crippen molar-refractivity contribution in [1.82, 2.24) is 29.2 Å². The molecule has 5 rings (SSSR count). The van der Waals surface area contributed by atoms with Crippen LogP contribution in [0.5, 0.6) is 0 Å². The molecule has 0 amide bonds. The van der Waals surface area contributed by atoms with Crippen molar-refractivity contribution in [1.29, 1.82) is 0 Å². The van der Waals surface area contributed by atoms with Gasteiger partial charge in [0.1, 0.15) is 12.3 Å². The lowest BCUT2D eigenvalue weighted by atomic mass is 9.91. The Balaban J connectivity index is 1.34. The van der Waals surface area contributed by atoms with Gasteiger partial charge in [-0.25, -0.2) is 14.4 Å². The lowest BCUT2D eigenvalue weighted by Crippen LogP contribution is -2.47. The number of anilines is 1. The summed E-state index contributed by atoms with van der Waals surface area (Å²) in [6.45, 7) is 4.43. The molecule has 7 nitrogen and oxygen atoms in total. The third-order valence-electron chi connectivity index (χ3n) is 6.58. The lowest BCUT2D eigenvalue weighted by molar-refractivity contribution is 0.206.